The molecule has 3 N–H and O–H groups in total. The number of likely N-dealkylation sites (N-methyl/N-ethyl adjacent to an activating group) is 1. The average Bonchev–Trinajstić information content (AvgIpc) is 2.41. The Morgan fingerprint density at radius 3 is 2.62 bits per heavy atom. The fourth-order valence-corrected chi connectivity index (χ4v) is 2.00. The van der Waals surface area contributed by atoms with Crippen LogP contribution in [0.2, 0.25) is 0 Å². The summed E-state index contributed by atoms with van der Waals surface area (Å²) in [5.74, 6) is -0.554. The molecule has 0 saturated carbocycles. The predicted molar refractivity (Wildman–Crippen MR) is 82.2 cm³/mol. The summed E-state index contributed by atoms with van der Waals surface area (Å²) in [6.45, 7) is 0.859. The lowest BCUT2D eigenvalue weighted by Crippen LogP contribution is -2.29. The van der Waals surface area contributed by atoms with Gasteiger partial charge in [0.25, 0.3) is 0 Å². The van der Waals surface area contributed by atoms with Crippen molar-refractivity contribution in [2.75, 3.05) is 24.6 Å². The molecule has 1 amide bonds. The number of halogens is 1. The summed E-state index contributed by atoms with van der Waals surface area (Å²) < 4.78 is 13.0. The van der Waals surface area contributed by atoms with Crippen LogP contribution in [0.5, 0.6) is 0 Å². The van der Waals surface area contributed by atoms with E-state index in [0.717, 1.165) is 5.56 Å². The minimum absolute atomic E-state index is 0.182. The summed E-state index contributed by atoms with van der Waals surface area (Å²) in [6, 6.07) is 13.4. The van der Waals surface area contributed by atoms with E-state index in [0.29, 0.717) is 17.9 Å². The number of nitrogens with one attached hydrogen (secondary N) is 1. The average molecular weight is 287 g/mol. The molecular formula is C16H18FN3O. The molecule has 2 aromatic carbocycles. The molecule has 0 aliphatic rings. The van der Waals surface area contributed by atoms with Crippen LogP contribution >= 0.6 is 0 Å². The van der Waals surface area contributed by atoms with Gasteiger partial charge in [0.2, 0.25) is 5.91 Å². The van der Waals surface area contributed by atoms with Crippen LogP contribution in [-0.4, -0.2) is 24.4 Å². The second kappa shape index (κ2) is 6.85. The molecule has 0 atom stereocenters. The maximum Gasteiger partial charge on any atom is 0.238 e. The van der Waals surface area contributed by atoms with Gasteiger partial charge in [0.15, 0.2) is 0 Å². The number of amides is 1. The smallest absolute Gasteiger partial charge is 0.238 e. The van der Waals surface area contributed by atoms with Gasteiger partial charge in [-0.05, 0) is 42.9 Å². The summed E-state index contributed by atoms with van der Waals surface area (Å²) in [6.07, 6.45) is 0. The van der Waals surface area contributed by atoms with Crippen LogP contribution in [0, 0.1) is 5.82 Å². The lowest BCUT2D eigenvalue weighted by atomic mass is 10.2. The first-order valence-electron chi connectivity index (χ1n) is 6.61. The molecule has 4 nitrogen and oxygen atoms in total. The van der Waals surface area contributed by atoms with Crippen LogP contribution in [0.1, 0.15) is 5.56 Å². The van der Waals surface area contributed by atoms with Crippen LogP contribution < -0.4 is 11.1 Å². The number of carbonyl (C=O) groups excluding carboxylic acids is 1. The summed E-state index contributed by atoms with van der Waals surface area (Å²) in [7, 11) is 1.85. The van der Waals surface area contributed by atoms with Gasteiger partial charge < -0.3 is 11.1 Å². The fourth-order valence-electron chi connectivity index (χ4n) is 2.00. The maximum absolute atomic E-state index is 13.0. The molecule has 2 rings (SSSR count). The molecule has 0 aliphatic heterocycles. The molecule has 0 aromatic heterocycles. The number of carbonyl (C=O) groups is 1. The highest BCUT2D eigenvalue weighted by atomic mass is 19.1. The Morgan fingerprint density at radius 2 is 1.95 bits per heavy atom. The zero-order valence-corrected chi connectivity index (χ0v) is 11.8. The number of benzene rings is 2. The topological polar surface area (TPSA) is 58.4 Å². The van der Waals surface area contributed by atoms with Gasteiger partial charge in [-0.2, -0.15) is 0 Å². The van der Waals surface area contributed by atoms with Crippen LogP contribution in [0.15, 0.2) is 48.5 Å². The van der Waals surface area contributed by atoms with Gasteiger partial charge >= 0.3 is 0 Å². The van der Waals surface area contributed by atoms with E-state index in [1.165, 1.54) is 12.1 Å². The predicted octanol–water partition coefficient (Wildman–Crippen LogP) is 2.48. The van der Waals surface area contributed by atoms with Crippen molar-refractivity contribution >= 4 is 17.3 Å². The molecule has 0 saturated heterocycles. The standard InChI is InChI=1S/C16H18FN3O/c1-20(10-12-5-7-14(18)8-6-12)11-16(21)19-15-4-2-3-13(17)9-15/h2-9H,10-11,18H2,1H3,(H,19,21). The van der Waals surface area contributed by atoms with Crippen molar-refractivity contribution in [2.24, 2.45) is 0 Å². The van der Waals surface area contributed by atoms with Gasteiger partial charge in [-0.15, -0.1) is 0 Å². The van der Waals surface area contributed by atoms with E-state index < -0.39 is 0 Å². The van der Waals surface area contributed by atoms with E-state index in [4.69, 9.17) is 5.73 Å². The quantitative estimate of drug-likeness (QED) is 0.831. The Kier molecular flexibility index (Phi) is 4.90. The fraction of sp³-hybridized carbons (Fsp3) is 0.188. The summed E-state index contributed by atoms with van der Waals surface area (Å²) >= 11 is 0. The number of nitrogens with zero attached hydrogens (tertiary/aromatic N) is 1. The number of hydrogen-bond acceptors (Lipinski definition) is 3. The minimum Gasteiger partial charge on any atom is -0.399 e. The highest BCUT2D eigenvalue weighted by Gasteiger charge is 2.08. The molecule has 0 fully saturated rings. The summed E-state index contributed by atoms with van der Waals surface area (Å²) in [5, 5.41) is 2.67. The van der Waals surface area contributed by atoms with Crippen molar-refractivity contribution in [1.29, 1.82) is 0 Å². The van der Waals surface area contributed by atoms with Crippen molar-refractivity contribution in [3.63, 3.8) is 0 Å². The lowest BCUT2D eigenvalue weighted by molar-refractivity contribution is -0.117. The van der Waals surface area contributed by atoms with Gasteiger partial charge in [0.1, 0.15) is 5.82 Å². The van der Waals surface area contributed by atoms with Gasteiger partial charge in [-0.1, -0.05) is 18.2 Å². The van der Waals surface area contributed by atoms with Crippen molar-refractivity contribution in [3.05, 3.63) is 59.9 Å². The van der Waals surface area contributed by atoms with E-state index in [1.807, 2.05) is 36.2 Å². The molecule has 0 radical (unpaired) electrons. The Labute approximate surface area is 123 Å². The zero-order valence-electron chi connectivity index (χ0n) is 11.8. The number of nitrogens with two attached hydrogens (primary N) is 1. The van der Waals surface area contributed by atoms with E-state index in [-0.39, 0.29) is 18.3 Å². The molecule has 0 heterocycles. The molecule has 5 heteroatoms. The SMILES string of the molecule is CN(CC(=O)Nc1cccc(F)c1)Cc1ccc(N)cc1. The van der Waals surface area contributed by atoms with Gasteiger partial charge in [0.05, 0.1) is 6.54 Å². The lowest BCUT2D eigenvalue weighted by Gasteiger charge is -2.16. The van der Waals surface area contributed by atoms with Crippen LogP contribution in [0.3, 0.4) is 0 Å². The Balaban J connectivity index is 1.86. The molecular weight excluding hydrogens is 269 g/mol. The number of hydrogen-bond donors (Lipinski definition) is 2. The molecule has 0 spiro atoms. The van der Waals surface area contributed by atoms with Crippen molar-refractivity contribution in [3.8, 4) is 0 Å². The maximum atomic E-state index is 13.0. The van der Waals surface area contributed by atoms with E-state index in [9.17, 15) is 9.18 Å². The second-order valence-electron chi connectivity index (χ2n) is 4.97. The Bertz CT molecular complexity index is 613. The van der Waals surface area contributed by atoms with Gasteiger partial charge in [-0.25, -0.2) is 4.39 Å². The molecule has 0 aliphatic carbocycles. The van der Waals surface area contributed by atoms with Crippen LogP contribution in [0.4, 0.5) is 15.8 Å². The highest BCUT2D eigenvalue weighted by molar-refractivity contribution is 5.92. The third-order valence-corrected chi connectivity index (χ3v) is 2.95. The zero-order chi connectivity index (χ0) is 15.2. The third-order valence-electron chi connectivity index (χ3n) is 2.95. The summed E-state index contributed by atoms with van der Waals surface area (Å²) in [5.41, 5.74) is 7.87. The first-order valence-corrected chi connectivity index (χ1v) is 6.61. The van der Waals surface area contributed by atoms with E-state index in [1.54, 1.807) is 12.1 Å². The second-order valence-corrected chi connectivity index (χ2v) is 4.97. The van der Waals surface area contributed by atoms with E-state index >= 15 is 0 Å². The largest absolute Gasteiger partial charge is 0.399 e. The molecule has 21 heavy (non-hydrogen) atoms. The summed E-state index contributed by atoms with van der Waals surface area (Å²) in [4.78, 5) is 13.8. The molecule has 2 aromatic rings. The van der Waals surface area contributed by atoms with Crippen molar-refractivity contribution in [1.82, 2.24) is 4.90 Å². The molecule has 110 valence electrons. The minimum atomic E-state index is -0.372. The van der Waals surface area contributed by atoms with Crippen LogP contribution in [0.25, 0.3) is 0 Å². The van der Waals surface area contributed by atoms with Crippen molar-refractivity contribution in [2.45, 2.75) is 6.54 Å². The Morgan fingerprint density at radius 1 is 1.24 bits per heavy atom. The Hall–Kier alpha value is -2.40. The first kappa shape index (κ1) is 15.0. The number of rotatable bonds is 5. The number of nitrogen functional groups attached to an aromatic ring is 1. The normalized spacial score (nSPS) is 10.6. The van der Waals surface area contributed by atoms with Crippen LogP contribution in [-0.2, 0) is 11.3 Å². The monoisotopic (exact) mass is 287 g/mol. The number of anilines is 2. The van der Waals surface area contributed by atoms with Crippen molar-refractivity contribution < 1.29 is 9.18 Å². The molecule has 0 bridgehead atoms. The van der Waals surface area contributed by atoms with Gasteiger partial charge in [0, 0.05) is 17.9 Å². The third kappa shape index (κ3) is 4.89. The van der Waals surface area contributed by atoms with Gasteiger partial charge in [-0.3, -0.25) is 9.69 Å². The van der Waals surface area contributed by atoms with E-state index in [2.05, 4.69) is 5.32 Å². The first-order chi connectivity index (χ1) is 10.0. The highest BCUT2D eigenvalue weighted by Crippen LogP contribution is 2.10. The molecule has 0 unspecified atom stereocenters.